The van der Waals surface area contributed by atoms with Gasteiger partial charge in [-0.25, -0.2) is 8.42 Å². The molecule has 1 aliphatic carbocycles. The lowest BCUT2D eigenvalue weighted by atomic mass is 9.97. The van der Waals surface area contributed by atoms with E-state index in [2.05, 4.69) is 5.32 Å². The maximum atomic E-state index is 12.4. The van der Waals surface area contributed by atoms with E-state index in [1.807, 2.05) is 0 Å². The summed E-state index contributed by atoms with van der Waals surface area (Å²) in [6.07, 6.45) is 8.85. The van der Waals surface area contributed by atoms with Crippen LogP contribution in [0.2, 0.25) is 5.02 Å². The van der Waals surface area contributed by atoms with Crippen LogP contribution in [-0.2, 0) is 14.8 Å². The van der Waals surface area contributed by atoms with Gasteiger partial charge in [0.25, 0.3) is 0 Å². The first-order valence-electron chi connectivity index (χ1n) is 8.39. The van der Waals surface area contributed by atoms with Crippen LogP contribution >= 0.6 is 11.6 Å². The quantitative estimate of drug-likeness (QED) is 0.861. The fourth-order valence-electron chi connectivity index (χ4n) is 3.04. The van der Waals surface area contributed by atoms with E-state index in [0.29, 0.717) is 10.7 Å². The summed E-state index contributed by atoms with van der Waals surface area (Å²) in [5.74, 6) is -0.286. The Balaban J connectivity index is 2.06. The van der Waals surface area contributed by atoms with Gasteiger partial charge in [-0.2, -0.15) is 0 Å². The number of halogens is 1. The molecule has 0 bridgehead atoms. The second-order valence-electron chi connectivity index (χ2n) is 6.33. The minimum atomic E-state index is -3.60. The molecule has 0 saturated heterocycles. The molecular formula is C17H25ClN2O3S. The fraction of sp³-hybridized carbons (Fsp3) is 0.588. The molecule has 0 aromatic heterocycles. The average molecular weight is 373 g/mol. The molecule has 1 aromatic carbocycles. The van der Waals surface area contributed by atoms with E-state index < -0.39 is 10.0 Å². The molecule has 5 nitrogen and oxygen atoms in total. The van der Waals surface area contributed by atoms with E-state index in [1.165, 1.54) is 19.3 Å². The summed E-state index contributed by atoms with van der Waals surface area (Å²) in [6.45, 7) is -0.251. The molecule has 0 spiro atoms. The smallest absolute Gasteiger partial charge is 0.240 e. The van der Waals surface area contributed by atoms with Gasteiger partial charge in [0.2, 0.25) is 15.9 Å². The van der Waals surface area contributed by atoms with Gasteiger partial charge in [0.05, 0.1) is 17.0 Å². The molecule has 1 N–H and O–H groups in total. The standard InChI is InChI=1S/C17H25ClN2O3S/c1-24(22,23)20(16-12-8-7-11-15(16)18)13-17(21)19-14-9-5-3-2-4-6-10-14/h7-8,11-12,14H,2-6,9-10,13H2,1H3,(H,19,21). The van der Waals surface area contributed by atoms with E-state index in [-0.39, 0.29) is 18.5 Å². The largest absolute Gasteiger partial charge is 0.352 e. The zero-order chi connectivity index (χ0) is 17.6. The number of rotatable bonds is 5. The van der Waals surface area contributed by atoms with Crippen molar-refractivity contribution in [2.24, 2.45) is 0 Å². The molecule has 134 valence electrons. The molecule has 0 aliphatic heterocycles. The Bertz CT molecular complexity index is 656. The van der Waals surface area contributed by atoms with Crippen molar-refractivity contribution in [3.8, 4) is 0 Å². The number of carbonyl (C=O) groups excluding carboxylic acids is 1. The van der Waals surface area contributed by atoms with Crippen molar-refractivity contribution >= 4 is 33.2 Å². The normalized spacial score (nSPS) is 16.9. The highest BCUT2D eigenvalue weighted by molar-refractivity contribution is 7.92. The maximum absolute atomic E-state index is 12.4. The van der Waals surface area contributed by atoms with Crippen molar-refractivity contribution in [3.63, 3.8) is 0 Å². The summed E-state index contributed by atoms with van der Waals surface area (Å²) >= 11 is 6.10. The number of anilines is 1. The van der Waals surface area contributed by atoms with Crippen LogP contribution in [0.15, 0.2) is 24.3 Å². The SMILES string of the molecule is CS(=O)(=O)N(CC(=O)NC1CCCCCCC1)c1ccccc1Cl. The molecule has 1 saturated carbocycles. The first kappa shape index (κ1) is 19.1. The second-order valence-corrected chi connectivity index (χ2v) is 8.64. The van der Waals surface area contributed by atoms with Crippen LogP contribution in [0.1, 0.15) is 44.9 Å². The van der Waals surface area contributed by atoms with Gasteiger partial charge in [0.15, 0.2) is 0 Å². The Kier molecular flexibility index (Phi) is 6.92. The molecule has 1 aliphatic rings. The predicted molar refractivity (Wildman–Crippen MR) is 97.9 cm³/mol. The number of para-hydroxylation sites is 1. The van der Waals surface area contributed by atoms with Gasteiger partial charge < -0.3 is 5.32 Å². The zero-order valence-electron chi connectivity index (χ0n) is 14.0. The molecule has 0 unspecified atom stereocenters. The number of hydrogen-bond acceptors (Lipinski definition) is 3. The molecule has 0 atom stereocenters. The summed E-state index contributed by atoms with van der Waals surface area (Å²) in [6, 6.07) is 6.77. The van der Waals surface area contributed by atoms with Crippen LogP contribution < -0.4 is 9.62 Å². The Morgan fingerprint density at radius 3 is 2.33 bits per heavy atom. The highest BCUT2D eigenvalue weighted by Crippen LogP contribution is 2.27. The summed E-state index contributed by atoms with van der Waals surface area (Å²) in [5, 5.41) is 3.30. The molecule has 7 heteroatoms. The monoisotopic (exact) mass is 372 g/mol. The van der Waals surface area contributed by atoms with Gasteiger partial charge in [-0.15, -0.1) is 0 Å². The molecule has 1 amide bonds. The van der Waals surface area contributed by atoms with Crippen molar-refractivity contribution in [2.45, 2.75) is 51.0 Å². The van der Waals surface area contributed by atoms with Crippen molar-refractivity contribution in [1.82, 2.24) is 5.32 Å². The van der Waals surface area contributed by atoms with Crippen LogP contribution in [0.4, 0.5) is 5.69 Å². The van der Waals surface area contributed by atoms with Crippen LogP contribution in [-0.4, -0.2) is 33.2 Å². The summed E-state index contributed by atoms with van der Waals surface area (Å²) in [7, 11) is -3.60. The molecule has 24 heavy (non-hydrogen) atoms. The van der Waals surface area contributed by atoms with Crippen molar-refractivity contribution in [2.75, 3.05) is 17.1 Å². The topological polar surface area (TPSA) is 66.5 Å². The predicted octanol–water partition coefficient (Wildman–Crippen LogP) is 3.34. The van der Waals surface area contributed by atoms with E-state index in [0.717, 1.165) is 36.2 Å². The Morgan fingerprint density at radius 2 is 1.75 bits per heavy atom. The number of carbonyl (C=O) groups is 1. The molecule has 2 rings (SSSR count). The summed E-state index contributed by atoms with van der Waals surface area (Å²) in [5.41, 5.74) is 0.328. The highest BCUT2D eigenvalue weighted by Gasteiger charge is 2.24. The van der Waals surface area contributed by atoms with Gasteiger partial charge in [-0.1, -0.05) is 55.8 Å². The Morgan fingerprint density at radius 1 is 1.17 bits per heavy atom. The van der Waals surface area contributed by atoms with Gasteiger partial charge >= 0.3 is 0 Å². The Hall–Kier alpha value is -1.27. The van der Waals surface area contributed by atoms with E-state index in [4.69, 9.17) is 11.6 Å². The lowest BCUT2D eigenvalue weighted by Gasteiger charge is -2.25. The summed E-state index contributed by atoms with van der Waals surface area (Å²) in [4.78, 5) is 12.4. The van der Waals surface area contributed by atoms with Crippen LogP contribution in [0.3, 0.4) is 0 Å². The second kappa shape index (κ2) is 8.72. The number of sulfonamides is 1. The number of benzene rings is 1. The molecule has 0 heterocycles. The summed E-state index contributed by atoms with van der Waals surface area (Å²) < 4.78 is 25.3. The van der Waals surface area contributed by atoms with Gasteiger partial charge in [-0.3, -0.25) is 9.10 Å². The number of nitrogens with zero attached hydrogens (tertiary/aromatic N) is 1. The van der Waals surface area contributed by atoms with Crippen molar-refractivity contribution in [3.05, 3.63) is 29.3 Å². The van der Waals surface area contributed by atoms with Crippen molar-refractivity contribution in [1.29, 1.82) is 0 Å². The maximum Gasteiger partial charge on any atom is 0.240 e. The number of amides is 1. The van der Waals surface area contributed by atoms with Gasteiger partial charge in [0.1, 0.15) is 6.54 Å². The third kappa shape index (κ3) is 5.67. The lowest BCUT2D eigenvalue weighted by molar-refractivity contribution is -0.120. The van der Waals surface area contributed by atoms with Crippen LogP contribution in [0.25, 0.3) is 0 Å². The molecule has 1 aromatic rings. The van der Waals surface area contributed by atoms with Crippen LogP contribution in [0, 0.1) is 0 Å². The fourth-order valence-corrected chi connectivity index (χ4v) is 4.20. The van der Waals surface area contributed by atoms with E-state index in [9.17, 15) is 13.2 Å². The first-order valence-corrected chi connectivity index (χ1v) is 10.6. The molecule has 1 fully saturated rings. The lowest BCUT2D eigenvalue weighted by Crippen LogP contribution is -2.44. The third-order valence-corrected chi connectivity index (χ3v) is 5.73. The number of nitrogens with one attached hydrogen (secondary N) is 1. The Labute approximate surface area is 149 Å². The van der Waals surface area contributed by atoms with Gasteiger partial charge in [-0.05, 0) is 25.0 Å². The van der Waals surface area contributed by atoms with Crippen molar-refractivity contribution < 1.29 is 13.2 Å². The molecular weight excluding hydrogens is 348 g/mol. The first-order chi connectivity index (χ1) is 11.4. The van der Waals surface area contributed by atoms with Crippen LogP contribution in [0.5, 0.6) is 0 Å². The zero-order valence-corrected chi connectivity index (χ0v) is 15.6. The molecule has 0 radical (unpaired) electrons. The average Bonchev–Trinajstić information content (AvgIpc) is 2.47. The van der Waals surface area contributed by atoms with E-state index >= 15 is 0 Å². The van der Waals surface area contributed by atoms with E-state index in [1.54, 1.807) is 24.3 Å². The minimum absolute atomic E-state index is 0.130. The highest BCUT2D eigenvalue weighted by atomic mass is 35.5. The van der Waals surface area contributed by atoms with Gasteiger partial charge in [0, 0.05) is 6.04 Å². The third-order valence-electron chi connectivity index (χ3n) is 4.28. The number of hydrogen-bond donors (Lipinski definition) is 1. The minimum Gasteiger partial charge on any atom is -0.352 e.